The SMILES string of the molecule is FC(F)(F)c1cccc(OCC2CC3CCN2CC3)c1. The van der Waals surface area contributed by atoms with Crippen LogP contribution in [0.15, 0.2) is 24.3 Å². The third kappa shape index (κ3) is 2.92. The number of nitrogens with zero attached hydrogens (tertiary/aromatic N) is 1. The van der Waals surface area contributed by atoms with E-state index in [0.29, 0.717) is 18.4 Å². The molecule has 5 heteroatoms. The molecule has 3 aliphatic heterocycles. The van der Waals surface area contributed by atoms with Gasteiger partial charge in [0.2, 0.25) is 0 Å². The maximum absolute atomic E-state index is 12.6. The Labute approximate surface area is 116 Å². The van der Waals surface area contributed by atoms with Crippen molar-refractivity contribution < 1.29 is 17.9 Å². The molecule has 1 unspecified atom stereocenters. The second kappa shape index (κ2) is 5.28. The lowest BCUT2D eigenvalue weighted by Crippen LogP contribution is -2.51. The molecule has 1 atom stereocenters. The van der Waals surface area contributed by atoms with Crippen LogP contribution >= 0.6 is 0 Å². The van der Waals surface area contributed by atoms with Gasteiger partial charge in [0, 0.05) is 6.04 Å². The highest BCUT2D eigenvalue weighted by Crippen LogP contribution is 2.33. The van der Waals surface area contributed by atoms with Gasteiger partial charge in [-0.3, -0.25) is 4.90 Å². The molecule has 0 spiro atoms. The Morgan fingerprint density at radius 2 is 1.95 bits per heavy atom. The summed E-state index contributed by atoms with van der Waals surface area (Å²) in [6, 6.07) is 5.49. The largest absolute Gasteiger partial charge is 0.492 e. The minimum absolute atomic E-state index is 0.308. The predicted octanol–water partition coefficient (Wildman–Crippen LogP) is 3.57. The maximum Gasteiger partial charge on any atom is 0.416 e. The number of hydrogen-bond acceptors (Lipinski definition) is 2. The van der Waals surface area contributed by atoms with Crippen LogP contribution in [-0.2, 0) is 6.18 Å². The van der Waals surface area contributed by atoms with E-state index in [9.17, 15) is 13.2 Å². The summed E-state index contributed by atoms with van der Waals surface area (Å²) in [7, 11) is 0. The summed E-state index contributed by atoms with van der Waals surface area (Å²) in [4.78, 5) is 2.40. The summed E-state index contributed by atoms with van der Waals surface area (Å²) >= 11 is 0. The van der Waals surface area contributed by atoms with E-state index >= 15 is 0 Å². The first-order valence-corrected chi connectivity index (χ1v) is 7.06. The number of ether oxygens (including phenoxy) is 1. The minimum atomic E-state index is -4.31. The van der Waals surface area contributed by atoms with E-state index < -0.39 is 11.7 Å². The second-order valence-corrected chi connectivity index (χ2v) is 5.71. The molecular weight excluding hydrogens is 267 g/mol. The fourth-order valence-corrected chi connectivity index (χ4v) is 3.22. The van der Waals surface area contributed by atoms with Crippen molar-refractivity contribution in [1.82, 2.24) is 4.90 Å². The lowest BCUT2D eigenvalue weighted by Gasteiger charge is -2.45. The van der Waals surface area contributed by atoms with Crippen LogP contribution in [0.5, 0.6) is 5.75 Å². The van der Waals surface area contributed by atoms with Crippen molar-refractivity contribution in [1.29, 1.82) is 0 Å². The molecule has 3 aliphatic rings. The summed E-state index contributed by atoms with van der Waals surface area (Å²) in [6.45, 7) is 2.68. The number of alkyl halides is 3. The normalized spacial score (nSPS) is 29.4. The van der Waals surface area contributed by atoms with E-state index in [1.807, 2.05) is 0 Å². The molecule has 0 N–H and O–H groups in total. The summed E-state index contributed by atoms with van der Waals surface area (Å²) in [5.74, 6) is 1.08. The van der Waals surface area contributed by atoms with Gasteiger partial charge >= 0.3 is 6.18 Å². The van der Waals surface area contributed by atoms with E-state index in [1.54, 1.807) is 6.07 Å². The van der Waals surface area contributed by atoms with Gasteiger partial charge in [0.1, 0.15) is 12.4 Å². The van der Waals surface area contributed by atoms with Crippen molar-refractivity contribution in [3.05, 3.63) is 29.8 Å². The smallest absolute Gasteiger partial charge is 0.416 e. The monoisotopic (exact) mass is 285 g/mol. The average Bonchev–Trinajstić information content (AvgIpc) is 2.46. The zero-order valence-corrected chi connectivity index (χ0v) is 11.2. The quantitative estimate of drug-likeness (QED) is 0.842. The van der Waals surface area contributed by atoms with Gasteiger partial charge in [-0.2, -0.15) is 13.2 Å². The number of hydrogen-bond donors (Lipinski definition) is 0. The van der Waals surface area contributed by atoms with E-state index in [-0.39, 0.29) is 0 Å². The van der Waals surface area contributed by atoms with Crippen LogP contribution in [0.4, 0.5) is 13.2 Å². The molecule has 0 aromatic heterocycles. The Morgan fingerprint density at radius 1 is 1.20 bits per heavy atom. The van der Waals surface area contributed by atoms with Gasteiger partial charge in [-0.1, -0.05) is 6.07 Å². The summed E-state index contributed by atoms with van der Waals surface area (Å²) in [5.41, 5.74) is -0.652. The van der Waals surface area contributed by atoms with Gasteiger partial charge in [-0.15, -0.1) is 0 Å². The van der Waals surface area contributed by atoms with Gasteiger partial charge in [0.05, 0.1) is 5.56 Å². The first kappa shape index (κ1) is 13.7. The van der Waals surface area contributed by atoms with E-state index in [4.69, 9.17) is 4.74 Å². The van der Waals surface area contributed by atoms with Crippen molar-refractivity contribution in [2.45, 2.75) is 31.5 Å². The minimum Gasteiger partial charge on any atom is -0.492 e. The van der Waals surface area contributed by atoms with Crippen molar-refractivity contribution in [2.24, 2.45) is 5.92 Å². The third-order valence-corrected chi connectivity index (χ3v) is 4.37. The molecular formula is C15H18F3NO. The highest BCUT2D eigenvalue weighted by Gasteiger charge is 2.34. The number of fused-ring (bicyclic) bond motifs is 3. The number of halogens is 3. The number of piperidine rings is 3. The molecule has 3 saturated heterocycles. The maximum atomic E-state index is 12.6. The Kier molecular flexibility index (Phi) is 3.63. The summed E-state index contributed by atoms with van der Waals surface area (Å²) in [5, 5.41) is 0. The van der Waals surface area contributed by atoms with Crippen LogP contribution in [0.3, 0.4) is 0 Å². The Hall–Kier alpha value is -1.23. The van der Waals surface area contributed by atoms with Gasteiger partial charge in [-0.05, 0) is 56.5 Å². The lowest BCUT2D eigenvalue weighted by atomic mass is 9.83. The second-order valence-electron chi connectivity index (χ2n) is 5.71. The third-order valence-electron chi connectivity index (χ3n) is 4.37. The van der Waals surface area contributed by atoms with Crippen molar-refractivity contribution in [3.63, 3.8) is 0 Å². The first-order chi connectivity index (χ1) is 9.52. The summed E-state index contributed by atoms with van der Waals surface area (Å²) in [6.07, 6.45) is -0.703. The molecule has 3 heterocycles. The molecule has 20 heavy (non-hydrogen) atoms. The fourth-order valence-electron chi connectivity index (χ4n) is 3.22. The average molecular weight is 285 g/mol. The van der Waals surface area contributed by atoms with Gasteiger partial charge in [-0.25, -0.2) is 0 Å². The standard InChI is InChI=1S/C15H18F3NO/c16-15(17,18)12-2-1-3-14(9-12)20-10-13-8-11-4-6-19(13)7-5-11/h1-3,9,11,13H,4-8,10H2. The zero-order valence-electron chi connectivity index (χ0n) is 11.2. The van der Waals surface area contributed by atoms with E-state index in [0.717, 1.165) is 37.6 Å². The highest BCUT2D eigenvalue weighted by molar-refractivity contribution is 5.30. The lowest BCUT2D eigenvalue weighted by molar-refractivity contribution is -0.137. The van der Waals surface area contributed by atoms with Crippen LogP contribution in [-0.4, -0.2) is 30.6 Å². The van der Waals surface area contributed by atoms with Crippen LogP contribution in [0.1, 0.15) is 24.8 Å². The fraction of sp³-hybridized carbons (Fsp3) is 0.600. The molecule has 1 aromatic carbocycles. The molecule has 1 aromatic rings. The van der Waals surface area contributed by atoms with E-state index in [2.05, 4.69) is 4.90 Å². The van der Waals surface area contributed by atoms with E-state index in [1.165, 1.54) is 18.9 Å². The molecule has 0 saturated carbocycles. The Balaban J connectivity index is 1.61. The highest BCUT2D eigenvalue weighted by atomic mass is 19.4. The van der Waals surface area contributed by atoms with Crippen LogP contribution in [0.2, 0.25) is 0 Å². The predicted molar refractivity (Wildman–Crippen MR) is 69.6 cm³/mol. The van der Waals surface area contributed by atoms with Crippen LogP contribution < -0.4 is 4.74 Å². The van der Waals surface area contributed by atoms with Gasteiger partial charge in [0.15, 0.2) is 0 Å². The topological polar surface area (TPSA) is 12.5 Å². The number of benzene rings is 1. The molecule has 3 fully saturated rings. The molecule has 2 bridgehead atoms. The van der Waals surface area contributed by atoms with Gasteiger partial charge < -0.3 is 4.74 Å². The molecule has 0 aliphatic carbocycles. The van der Waals surface area contributed by atoms with Crippen LogP contribution in [0.25, 0.3) is 0 Å². The Morgan fingerprint density at radius 3 is 2.55 bits per heavy atom. The first-order valence-electron chi connectivity index (χ1n) is 7.06. The molecule has 0 radical (unpaired) electrons. The van der Waals surface area contributed by atoms with Crippen molar-refractivity contribution >= 4 is 0 Å². The van der Waals surface area contributed by atoms with Crippen LogP contribution in [0, 0.1) is 5.92 Å². The van der Waals surface area contributed by atoms with Gasteiger partial charge in [0.25, 0.3) is 0 Å². The summed E-state index contributed by atoms with van der Waals surface area (Å²) < 4.78 is 43.5. The molecule has 2 nitrogen and oxygen atoms in total. The molecule has 4 rings (SSSR count). The molecule has 0 amide bonds. The zero-order chi connectivity index (χ0) is 14.2. The molecule has 110 valence electrons. The van der Waals surface area contributed by atoms with Crippen molar-refractivity contribution in [3.8, 4) is 5.75 Å². The van der Waals surface area contributed by atoms with Crippen molar-refractivity contribution in [2.75, 3.05) is 19.7 Å². The number of rotatable bonds is 3. The Bertz CT molecular complexity index is 466.